The average molecular weight is 407 g/mol. The minimum absolute atomic E-state index is 0.0487. The number of rotatable bonds is 7. The molecule has 0 bridgehead atoms. The van der Waals surface area contributed by atoms with Crippen molar-refractivity contribution in [3.05, 3.63) is 52.0 Å². The fourth-order valence-electron chi connectivity index (χ4n) is 2.39. The molecule has 0 saturated heterocycles. The van der Waals surface area contributed by atoms with Gasteiger partial charge < -0.3 is 19.7 Å². The van der Waals surface area contributed by atoms with E-state index in [1.165, 1.54) is 0 Å². The first-order valence-electron chi connectivity index (χ1n) is 7.89. The number of hydrogen-bond donors (Lipinski definition) is 1. The second-order valence-corrected chi connectivity index (χ2v) is 6.58. The van der Waals surface area contributed by atoms with Crippen LogP contribution in [0.3, 0.4) is 0 Å². The van der Waals surface area contributed by atoms with Crippen molar-refractivity contribution in [3.8, 4) is 11.5 Å². The SMILES string of the molecule is COc1cc(Br)c(CNc2cccc(CN(C)C(C)=O)c2)cc1OC. The Hall–Kier alpha value is -2.21. The highest BCUT2D eigenvalue weighted by Gasteiger charge is 2.10. The zero-order valence-electron chi connectivity index (χ0n) is 14.9. The Labute approximate surface area is 157 Å². The van der Waals surface area contributed by atoms with Crippen LogP contribution in [0.25, 0.3) is 0 Å². The monoisotopic (exact) mass is 406 g/mol. The molecule has 0 aliphatic carbocycles. The molecule has 5 nitrogen and oxygen atoms in total. The van der Waals surface area contributed by atoms with E-state index in [0.29, 0.717) is 24.6 Å². The zero-order valence-corrected chi connectivity index (χ0v) is 16.5. The quantitative estimate of drug-likeness (QED) is 0.752. The molecule has 0 unspecified atom stereocenters. The van der Waals surface area contributed by atoms with Crippen molar-refractivity contribution >= 4 is 27.5 Å². The normalized spacial score (nSPS) is 10.3. The molecule has 0 heterocycles. The third kappa shape index (κ3) is 5.13. The van der Waals surface area contributed by atoms with E-state index in [-0.39, 0.29) is 5.91 Å². The molecule has 1 amide bonds. The highest BCUT2D eigenvalue weighted by molar-refractivity contribution is 9.10. The molecular weight excluding hydrogens is 384 g/mol. The van der Waals surface area contributed by atoms with E-state index in [1.54, 1.807) is 33.1 Å². The second-order valence-electron chi connectivity index (χ2n) is 5.73. The molecule has 0 radical (unpaired) electrons. The van der Waals surface area contributed by atoms with Gasteiger partial charge in [0.1, 0.15) is 0 Å². The molecule has 6 heteroatoms. The lowest BCUT2D eigenvalue weighted by Gasteiger charge is -2.16. The van der Waals surface area contributed by atoms with Gasteiger partial charge in [-0.25, -0.2) is 0 Å². The van der Waals surface area contributed by atoms with Crippen LogP contribution in [-0.4, -0.2) is 32.1 Å². The zero-order chi connectivity index (χ0) is 18.4. The third-order valence-electron chi connectivity index (χ3n) is 3.92. The number of hydrogen-bond acceptors (Lipinski definition) is 4. The maximum atomic E-state index is 11.4. The lowest BCUT2D eigenvalue weighted by molar-refractivity contribution is -0.128. The predicted octanol–water partition coefficient (Wildman–Crippen LogP) is 4.06. The smallest absolute Gasteiger partial charge is 0.219 e. The van der Waals surface area contributed by atoms with Crippen LogP contribution < -0.4 is 14.8 Å². The molecule has 0 spiro atoms. The Bertz CT molecular complexity index is 749. The van der Waals surface area contributed by atoms with Crippen molar-refractivity contribution in [2.75, 3.05) is 26.6 Å². The van der Waals surface area contributed by atoms with Crippen LogP contribution in [0.5, 0.6) is 11.5 Å². The lowest BCUT2D eigenvalue weighted by Crippen LogP contribution is -2.23. The van der Waals surface area contributed by atoms with Gasteiger partial charge in [0.05, 0.1) is 14.2 Å². The van der Waals surface area contributed by atoms with Crippen molar-refractivity contribution in [3.63, 3.8) is 0 Å². The maximum absolute atomic E-state index is 11.4. The number of methoxy groups -OCH3 is 2. The maximum Gasteiger partial charge on any atom is 0.219 e. The molecule has 2 aromatic carbocycles. The molecule has 134 valence electrons. The van der Waals surface area contributed by atoms with Crippen LogP contribution in [0.15, 0.2) is 40.9 Å². The molecule has 0 aliphatic rings. The first-order valence-corrected chi connectivity index (χ1v) is 8.68. The van der Waals surface area contributed by atoms with Gasteiger partial charge >= 0.3 is 0 Å². The predicted molar refractivity (Wildman–Crippen MR) is 103 cm³/mol. The molecule has 0 aliphatic heterocycles. The van der Waals surface area contributed by atoms with E-state index >= 15 is 0 Å². The van der Waals surface area contributed by atoms with Crippen molar-refractivity contribution in [1.82, 2.24) is 4.90 Å². The summed E-state index contributed by atoms with van der Waals surface area (Å²) in [6.07, 6.45) is 0. The summed E-state index contributed by atoms with van der Waals surface area (Å²) in [4.78, 5) is 13.1. The molecule has 0 saturated carbocycles. The first kappa shape index (κ1) is 19.1. The van der Waals surface area contributed by atoms with E-state index in [2.05, 4.69) is 21.2 Å². The first-order chi connectivity index (χ1) is 11.9. The van der Waals surface area contributed by atoms with Crippen molar-refractivity contribution in [2.45, 2.75) is 20.0 Å². The number of amides is 1. The molecule has 25 heavy (non-hydrogen) atoms. The molecule has 2 rings (SSSR count). The van der Waals surface area contributed by atoms with Crippen LogP contribution >= 0.6 is 15.9 Å². The van der Waals surface area contributed by atoms with Crippen molar-refractivity contribution < 1.29 is 14.3 Å². The average Bonchev–Trinajstić information content (AvgIpc) is 2.60. The van der Waals surface area contributed by atoms with E-state index in [0.717, 1.165) is 21.3 Å². The van der Waals surface area contributed by atoms with Gasteiger partial charge in [0.15, 0.2) is 11.5 Å². The van der Waals surface area contributed by atoms with Gasteiger partial charge in [-0.3, -0.25) is 4.79 Å². The molecule has 2 aromatic rings. The number of carbonyl (C=O) groups is 1. The topological polar surface area (TPSA) is 50.8 Å². The molecule has 1 N–H and O–H groups in total. The summed E-state index contributed by atoms with van der Waals surface area (Å²) in [5.74, 6) is 1.43. The summed E-state index contributed by atoms with van der Waals surface area (Å²) < 4.78 is 11.6. The van der Waals surface area contributed by atoms with Crippen LogP contribution in [0.2, 0.25) is 0 Å². The highest BCUT2D eigenvalue weighted by atomic mass is 79.9. The summed E-state index contributed by atoms with van der Waals surface area (Å²) in [5.41, 5.74) is 3.13. The standard InChI is InChI=1S/C19H23BrN2O3/c1-13(23)22(2)12-14-6-5-7-16(8-14)21-11-15-9-18(24-3)19(25-4)10-17(15)20/h5-10,21H,11-12H2,1-4H3. The minimum Gasteiger partial charge on any atom is -0.493 e. The Morgan fingerprint density at radius 2 is 1.84 bits per heavy atom. The summed E-state index contributed by atoms with van der Waals surface area (Å²) >= 11 is 3.57. The van der Waals surface area contributed by atoms with Gasteiger partial charge in [0.25, 0.3) is 0 Å². The van der Waals surface area contributed by atoms with Gasteiger partial charge in [-0.1, -0.05) is 28.1 Å². The van der Waals surface area contributed by atoms with Gasteiger partial charge in [-0.05, 0) is 35.4 Å². The molecule has 0 fully saturated rings. The number of anilines is 1. The van der Waals surface area contributed by atoms with Crippen molar-refractivity contribution in [2.24, 2.45) is 0 Å². The summed E-state index contributed by atoms with van der Waals surface area (Å²) in [6, 6.07) is 11.9. The van der Waals surface area contributed by atoms with Crippen molar-refractivity contribution in [1.29, 1.82) is 0 Å². The summed E-state index contributed by atoms with van der Waals surface area (Å²) in [5, 5.41) is 3.40. The van der Waals surface area contributed by atoms with E-state index in [1.807, 2.05) is 36.4 Å². The Morgan fingerprint density at radius 1 is 1.16 bits per heavy atom. The number of nitrogens with zero attached hydrogens (tertiary/aromatic N) is 1. The number of ether oxygens (including phenoxy) is 2. The number of halogens is 1. The molecule has 0 aromatic heterocycles. The second kappa shape index (κ2) is 8.76. The van der Waals surface area contributed by atoms with Gasteiger partial charge in [-0.2, -0.15) is 0 Å². The largest absolute Gasteiger partial charge is 0.493 e. The Kier molecular flexibility index (Phi) is 6.70. The fourth-order valence-corrected chi connectivity index (χ4v) is 2.86. The van der Waals surface area contributed by atoms with E-state index in [9.17, 15) is 4.79 Å². The molecule has 0 atom stereocenters. The summed E-state index contributed by atoms with van der Waals surface area (Å²) in [7, 11) is 5.03. The highest BCUT2D eigenvalue weighted by Crippen LogP contribution is 2.33. The number of benzene rings is 2. The molecular formula is C19H23BrN2O3. The lowest BCUT2D eigenvalue weighted by atomic mass is 10.1. The van der Waals surface area contributed by atoms with Gasteiger partial charge in [0, 0.05) is 37.2 Å². The van der Waals surface area contributed by atoms with E-state index in [4.69, 9.17) is 9.47 Å². The third-order valence-corrected chi connectivity index (χ3v) is 4.66. The fraction of sp³-hybridized carbons (Fsp3) is 0.316. The van der Waals surface area contributed by atoms with Gasteiger partial charge in [-0.15, -0.1) is 0 Å². The van der Waals surface area contributed by atoms with Crippen LogP contribution in [0, 0.1) is 0 Å². The van der Waals surface area contributed by atoms with Crippen LogP contribution in [0.1, 0.15) is 18.1 Å². The van der Waals surface area contributed by atoms with E-state index < -0.39 is 0 Å². The summed E-state index contributed by atoms with van der Waals surface area (Å²) in [6.45, 7) is 2.79. The van der Waals surface area contributed by atoms with Crippen LogP contribution in [0.4, 0.5) is 5.69 Å². The Balaban J connectivity index is 2.10. The van der Waals surface area contributed by atoms with Gasteiger partial charge in [0.2, 0.25) is 5.91 Å². The minimum atomic E-state index is 0.0487. The Morgan fingerprint density at radius 3 is 2.48 bits per heavy atom. The number of nitrogens with one attached hydrogen (secondary N) is 1. The van der Waals surface area contributed by atoms with Crippen LogP contribution in [-0.2, 0) is 17.9 Å². The number of carbonyl (C=O) groups excluding carboxylic acids is 1.